The fourth-order valence-electron chi connectivity index (χ4n) is 10.8. The van der Waals surface area contributed by atoms with Gasteiger partial charge in [0.25, 0.3) is 0 Å². The van der Waals surface area contributed by atoms with E-state index in [4.69, 9.17) is 0 Å². The zero-order valence-corrected chi connectivity index (χ0v) is 22.4. The highest BCUT2D eigenvalue weighted by atomic mass is 14.5. The lowest BCUT2D eigenvalue weighted by atomic mass is 9.57. The smallest absolute Gasteiger partial charge is 0.0225 e. The molecule has 14 rings (SSSR count). The molecule has 0 saturated carbocycles. The van der Waals surface area contributed by atoms with Crippen LogP contribution in [0.2, 0.25) is 0 Å². The molecule has 0 heteroatoms. The van der Waals surface area contributed by atoms with Gasteiger partial charge in [0.1, 0.15) is 0 Å². The Morgan fingerprint density at radius 2 is 0.405 bits per heavy atom. The minimum Gasteiger partial charge on any atom is -0.0537 e. The van der Waals surface area contributed by atoms with E-state index in [1.54, 1.807) is 22.3 Å². The summed E-state index contributed by atoms with van der Waals surface area (Å²) >= 11 is 0. The summed E-state index contributed by atoms with van der Waals surface area (Å²) in [6.45, 7) is 0. The summed E-state index contributed by atoms with van der Waals surface area (Å²) in [5.41, 5.74) is 6.42. The van der Waals surface area contributed by atoms with Gasteiger partial charge in [0.05, 0.1) is 0 Å². The predicted octanol–water partition coefficient (Wildman–Crippen LogP) is 11.4. The average Bonchev–Trinajstić information content (AvgIpc) is 3.03. The van der Waals surface area contributed by atoms with Crippen LogP contribution in [0.25, 0.3) is 108 Å². The van der Waals surface area contributed by atoms with E-state index >= 15 is 0 Å². The molecule has 4 aliphatic carbocycles. The Morgan fingerprint density at radius 1 is 0.214 bits per heavy atom. The topological polar surface area (TPSA) is 0 Å². The van der Waals surface area contributed by atoms with Crippen LogP contribution in [-0.4, -0.2) is 0 Å². The molecule has 0 bridgehead atoms. The lowest BCUT2D eigenvalue weighted by Crippen LogP contribution is -2.26. The average molecular weight is 523 g/mol. The van der Waals surface area contributed by atoms with Gasteiger partial charge in [0.15, 0.2) is 0 Å². The lowest BCUT2D eigenvalue weighted by Gasteiger charge is -2.45. The van der Waals surface area contributed by atoms with Crippen molar-refractivity contribution in [3.8, 4) is 0 Å². The van der Waals surface area contributed by atoms with Crippen molar-refractivity contribution in [1.29, 1.82) is 0 Å². The SMILES string of the molecule is c1cc2cc3ccc4ccc5cc6ccc7cc8ccc9ccc%10cc1c1c%11c%10c9c8c8c7c6c6c5c4c3c(c21)C6C%118. The van der Waals surface area contributed by atoms with Crippen molar-refractivity contribution in [2.24, 2.45) is 0 Å². The van der Waals surface area contributed by atoms with Crippen molar-refractivity contribution in [2.45, 2.75) is 11.8 Å². The molecule has 0 radical (unpaired) electrons. The molecule has 0 N–H and O–H groups in total. The predicted molar refractivity (Wildman–Crippen MR) is 179 cm³/mol. The molecule has 0 amide bonds. The molecule has 0 atom stereocenters. The minimum atomic E-state index is 0.332. The Bertz CT molecular complexity index is 2750. The monoisotopic (exact) mass is 522 g/mol. The first-order valence-corrected chi connectivity index (χ1v) is 15.3. The van der Waals surface area contributed by atoms with Gasteiger partial charge in [-0.3, -0.25) is 0 Å². The molecule has 0 spiro atoms. The molecule has 0 aromatic heterocycles. The zero-order valence-electron chi connectivity index (χ0n) is 22.4. The second-order valence-corrected chi connectivity index (χ2v) is 13.5. The van der Waals surface area contributed by atoms with Gasteiger partial charge in [-0.2, -0.15) is 0 Å². The van der Waals surface area contributed by atoms with Crippen molar-refractivity contribution in [1.82, 2.24) is 0 Å². The summed E-state index contributed by atoms with van der Waals surface area (Å²) in [4.78, 5) is 0. The van der Waals surface area contributed by atoms with Crippen LogP contribution in [0.3, 0.4) is 0 Å². The van der Waals surface area contributed by atoms with Crippen LogP contribution in [0.15, 0.2) is 97.1 Å². The number of hydrogen-bond acceptors (Lipinski definition) is 0. The third-order valence-electron chi connectivity index (χ3n) is 12.0. The zero-order chi connectivity index (χ0) is 26.3. The summed E-state index contributed by atoms with van der Waals surface area (Å²) in [7, 11) is 0. The fourth-order valence-corrected chi connectivity index (χ4v) is 10.8. The van der Waals surface area contributed by atoms with Crippen LogP contribution in [0, 0.1) is 0 Å². The van der Waals surface area contributed by atoms with Gasteiger partial charge in [0.2, 0.25) is 0 Å². The maximum atomic E-state index is 2.49. The number of hydrogen-bond donors (Lipinski definition) is 0. The van der Waals surface area contributed by atoms with Gasteiger partial charge < -0.3 is 0 Å². The molecular weight excluding hydrogens is 504 g/mol. The number of benzene rings is 10. The van der Waals surface area contributed by atoms with E-state index in [0.29, 0.717) is 11.8 Å². The summed E-state index contributed by atoms with van der Waals surface area (Å²) in [6, 6.07) is 38.6. The molecule has 10 aromatic rings. The van der Waals surface area contributed by atoms with Crippen LogP contribution in [0.1, 0.15) is 34.1 Å². The van der Waals surface area contributed by atoms with Crippen molar-refractivity contribution in [2.75, 3.05) is 0 Å². The summed E-state index contributed by atoms with van der Waals surface area (Å²) in [5, 5.41) is 29.0. The van der Waals surface area contributed by atoms with Crippen molar-refractivity contribution in [3.05, 3.63) is 119 Å². The third kappa shape index (κ3) is 1.62. The molecule has 42 heavy (non-hydrogen) atoms. The van der Waals surface area contributed by atoms with Gasteiger partial charge in [-0.05, 0) is 154 Å². The summed E-state index contributed by atoms with van der Waals surface area (Å²) in [6.07, 6.45) is 0. The van der Waals surface area contributed by atoms with Crippen LogP contribution < -0.4 is 0 Å². The van der Waals surface area contributed by atoms with Crippen molar-refractivity contribution < 1.29 is 0 Å². The van der Waals surface area contributed by atoms with Crippen LogP contribution in [-0.2, 0) is 0 Å². The van der Waals surface area contributed by atoms with E-state index in [1.165, 1.54) is 108 Å². The first-order valence-electron chi connectivity index (χ1n) is 15.3. The Labute approximate surface area is 238 Å². The van der Waals surface area contributed by atoms with Gasteiger partial charge in [-0.1, -0.05) is 72.8 Å². The van der Waals surface area contributed by atoms with Crippen molar-refractivity contribution in [3.63, 3.8) is 0 Å². The molecule has 10 aromatic carbocycles. The highest BCUT2D eigenvalue weighted by Gasteiger charge is 2.46. The van der Waals surface area contributed by atoms with Crippen LogP contribution in [0.4, 0.5) is 0 Å². The molecule has 186 valence electrons. The largest absolute Gasteiger partial charge is 0.0537 e. The van der Waals surface area contributed by atoms with Crippen molar-refractivity contribution >= 4 is 108 Å². The summed E-state index contributed by atoms with van der Waals surface area (Å²) < 4.78 is 0. The van der Waals surface area contributed by atoms with Gasteiger partial charge in [0, 0.05) is 11.8 Å². The van der Waals surface area contributed by atoms with E-state index < -0.39 is 0 Å². The van der Waals surface area contributed by atoms with Gasteiger partial charge >= 0.3 is 0 Å². The lowest BCUT2D eigenvalue weighted by molar-refractivity contribution is 0.718. The van der Waals surface area contributed by atoms with E-state index in [-0.39, 0.29) is 0 Å². The Kier molecular flexibility index (Phi) is 2.49. The van der Waals surface area contributed by atoms with Gasteiger partial charge in [-0.15, -0.1) is 0 Å². The highest BCUT2D eigenvalue weighted by Crippen LogP contribution is 2.67. The first-order chi connectivity index (χ1) is 20.8. The third-order valence-corrected chi connectivity index (χ3v) is 12.0. The molecule has 0 fully saturated rings. The standard InChI is InChI=1S/C42H18/c1-5-19-13-23-9-10-25-15-21-7-3-18-4-8-22-16-26-12-11-24-14-20-6-2-17(1)27-29(19)37-33(23)35(25)39-31(21)28(18)32(22)40-36(26)34(24)38(30(20)27)41(37)42(39)40/h1-16,41-42H. The van der Waals surface area contributed by atoms with E-state index in [9.17, 15) is 0 Å². The molecule has 0 heterocycles. The molecule has 4 aliphatic rings. The Balaban J connectivity index is 1.51. The first kappa shape index (κ1) is 19.0. The number of rotatable bonds is 0. The van der Waals surface area contributed by atoms with E-state index in [0.717, 1.165) is 0 Å². The highest BCUT2D eigenvalue weighted by molar-refractivity contribution is 6.38. The maximum absolute atomic E-state index is 2.49. The normalized spacial score (nSPS) is 18.5. The molecule has 0 nitrogen and oxygen atoms in total. The fraction of sp³-hybridized carbons (Fsp3) is 0.0476. The van der Waals surface area contributed by atoms with Crippen LogP contribution >= 0.6 is 0 Å². The summed E-state index contributed by atoms with van der Waals surface area (Å²) in [5.74, 6) is 0.665. The van der Waals surface area contributed by atoms with Crippen LogP contribution in [0.5, 0.6) is 0 Å². The Hall–Kier alpha value is -5.20. The Morgan fingerprint density at radius 3 is 0.643 bits per heavy atom. The second-order valence-electron chi connectivity index (χ2n) is 13.5. The van der Waals surface area contributed by atoms with Gasteiger partial charge in [-0.25, -0.2) is 0 Å². The van der Waals surface area contributed by atoms with E-state index in [2.05, 4.69) is 97.1 Å². The maximum Gasteiger partial charge on any atom is 0.0225 e. The molecular formula is C42H18. The minimum absolute atomic E-state index is 0.332. The molecule has 0 saturated heterocycles. The second kappa shape index (κ2) is 5.50. The molecule has 0 unspecified atom stereocenters. The van der Waals surface area contributed by atoms with E-state index in [1.807, 2.05) is 0 Å². The molecule has 0 aliphatic heterocycles. The quantitative estimate of drug-likeness (QED) is 0.137.